The molecule has 8 nitrogen and oxygen atoms in total. The van der Waals surface area contributed by atoms with Gasteiger partial charge in [-0.15, -0.1) is 10.2 Å². The van der Waals surface area contributed by atoms with Crippen LogP contribution in [0.1, 0.15) is 38.1 Å². The number of hydrogen-bond acceptors (Lipinski definition) is 6. The first kappa shape index (κ1) is 24.3. The van der Waals surface area contributed by atoms with Crippen LogP contribution in [0.4, 0.5) is 11.4 Å². The van der Waals surface area contributed by atoms with Crippen molar-refractivity contribution in [1.29, 1.82) is 0 Å². The maximum absolute atomic E-state index is 12.6. The van der Waals surface area contributed by atoms with Crippen LogP contribution in [0.15, 0.2) is 53.7 Å². The highest BCUT2D eigenvalue weighted by Crippen LogP contribution is 2.25. The van der Waals surface area contributed by atoms with Gasteiger partial charge in [-0.3, -0.25) is 9.59 Å². The van der Waals surface area contributed by atoms with Crippen molar-refractivity contribution in [2.45, 2.75) is 44.8 Å². The number of para-hydroxylation sites is 3. The van der Waals surface area contributed by atoms with Gasteiger partial charge in [0.05, 0.1) is 25.0 Å². The summed E-state index contributed by atoms with van der Waals surface area (Å²) in [6, 6.07) is 15.0. The Morgan fingerprint density at radius 2 is 1.67 bits per heavy atom. The number of anilines is 2. The van der Waals surface area contributed by atoms with Crippen LogP contribution in [-0.2, 0) is 22.6 Å². The standard InChI is InChI=1S/C24H29N5O3S/c1-5-29-21(14-22(30)26-19-12-8-9-13-20(19)32-4)27-28-24(29)33-15-23(31)25-18-11-7-6-10-17(18)16(2)3/h6-13,16H,5,14-15H2,1-4H3,(H,25,31)(H,26,30). The van der Waals surface area contributed by atoms with Crippen LogP contribution in [-0.4, -0.2) is 39.4 Å². The van der Waals surface area contributed by atoms with Crippen LogP contribution in [0, 0.1) is 0 Å². The Labute approximate surface area is 198 Å². The molecule has 2 N–H and O–H groups in total. The molecule has 3 rings (SSSR count). The van der Waals surface area contributed by atoms with E-state index < -0.39 is 0 Å². The normalized spacial score (nSPS) is 10.8. The lowest BCUT2D eigenvalue weighted by Crippen LogP contribution is -2.18. The first-order valence-electron chi connectivity index (χ1n) is 10.8. The number of nitrogens with one attached hydrogen (secondary N) is 2. The Morgan fingerprint density at radius 1 is 1.00 bits per heavy atom. The largest absolute Gasteiger partial charge is 0.495 e. The van der Waals surface area contributed by atoms with Gasteiger partial charge in [0.15, 0.2) is 5.16 Å². The molecule has 0 atom stereocenters. The highest BCUT2D eigenvalue weighted by molar-refractivity contribution is 7.99. The van der Waals surface area contributed by atoms with Crippen molar-refractivity contribution in [3.05, 3.63) is 59.9 Å². The summed E-state index contributed by atoms with van der Waals surface area (Å²) in [5.74, 6) is 1.29. The summed E-state index contributed by atoms with van der Waals surface area (Å²) in [4.78, 5) is 25.1. The minimum absolute atomic E-state index is 0.0629. The van der Waals surface area contributed by atoms with Gasteiger partial charge in [0, 0.05) is 12.2 Å². The molecule has 1 aromatic heterocycles. The van der Waals surface area contributed by atoms with Gasteiger partial charge in [-0.25, -0.2) is 0 Å². The summed E-state index contributed by atoms with van der Waals surface area (Å²) < 4.78 is 7.12. The predicted octanol–water partition coefficient (Wildman–Crippen LogP) is 4.34. The van der Waals surface area contributed by atoms with Crippen molar-refractivity contribution < 1.29 is 14.3 Å². The lowest BCUT2D eigenvalue weighted by atomic mass is 10.0. The number of methoxy groups -OCH3 is 1. The molecule has 0 bridgehead atoms. The van der Waals surface area contributed by atoms with Crippen LogP contribution in [0.2, 0.25) is 0 Å². The highest BCUT2D eigenvalue weighted by atomic mass is 32.2. The van der Waals surface area contributed by atoms with E-state index in [0.717, 1.165) is 11.3 Å². The summed E-state index contributed by atoms with van der Waals surface area (Å²) in [6.07, 6.45) is 0.0629. The summed E-state index contributed by atoms with van der Waals surface area (Å²) in [7, 11) is 1.56. The Kier molecular flexibility index (Phi) is 8.48. The number of carbonyl (C=O) groups excluding carboxylic acids is 2. The van der Waals surface area contributed by atoms with E-state index in [1.165, 1.54) is 11.8 Å². The van der Waals surface area contributed by atoms with E-state index in [2.05, 4.69) is 34.7 Å². The van der Waals surface area contributed by atoms with Gasteiger partial charge in [-0.1, -0.05) is 55.9 Å². The average Bonchev–Trinajstić information content (AvgIpc) is 3.19. The number of hydrogen-bond donors (Lipinski definition) is 2. The minimum atomic E-state index is -0.221. The summed E-state index contributed by atoms with van der Waals surface area (Å²) in [6.45, 7) is 6.72. The SMILES string of the molecule is CCn1c(CC(=O)Nc2ccccc2OC)nnc1SCC(=O)Nc1ccccc1C(C)C. The van der Waals surface area contributed by atoms with E-state index in [9.17, 15) is 9.59 Å². The molecule has 0 unspecified atom stereocenters. The number of amides is 2. The van der Waals surface area contributed by atoms with E-state index in [1.54, 1.807) is 19.2 Å². The molecule has 0 aliphatic rings. The number of carbonyl (C=O) groups is 2. The monoisotopic (exact) mass is 467 g/mol. The number of rotatable bonds is 10. The topological polar surface area (TPSA) is 98.1 Å². The van der Waals surface area contributed by atoms with Gasteiger partial charge in [0.25, 0.3) is 0 Å². The van der Waals surface area contributed by atoms with E-state index in [1.807, 2.05) is 47.9 Å². The number of thioether (sulfide) groups is 1. The molecule has 0 spiro atoms. The molecule has 0 fully saturated rings. The molecule has 0 aliphatic heterocycles. The Bertz CT molecular complexity index is 1110. The summed E-state index contributed by atoms with van der Waals surface area (Å²) in [5.41, 5.74) is 2.51. The lowest BCUT2D eigenvalue weighted by molar-refractivity contribution is -0.116. The Morgan fingerprint density at radius 3 is 2.36 bits per heavy atom. The molecule has 0 saturated carbocycles. The number of nitrogens with zero attached hydrogens (tertiary/aromatic N) is 3. The third-order valence-corrected chi connectivity index (χ3v) is 5.97. The number of ether oxygens (including phenoxy) is 1. The molecule has 9 heteroatoms. The number of aromatic nitrogens is 3. The molecule has 174 valence electrons. The van der Waals surface area contributed by atoms with E-state index in [4.69, 9.17) is 4.74 Å². The zero-order valence-corrected chi connectivity index (χ0v) is 20.1. The second-order valence-corrected chi connectivity index (χ2v) is 8.59. The van der Waals surface area contributed by atoms with Gasteiger partial charge in [0.1, 0.15) is 11.6 Å². The van der Waals surface area contributed by atoms with Crippen molar-refractivity contribution in [3.63, 3.8) is 0 Å². The van der Waals surface area contributed by atoms with Crippen molar-refractivity contribution in [1.82, 2.24) is 14.8 Å². The summed E-state index contributed by atoms with van der Waals surface area (Å²) >= 11 is 1.30. The Hall–Kier alpha value is -3.33. The van der Waals surface area contributed by atoms with Crippen LogP contribution >= 0.6 is 11.8 Å². The smallest absolute Gasteiger partial charge is 0.234 e. The molecule has 2 amide bonds. The van der Waals surface area contributed by atoms with E-state index in [-0.39, 0.29) is 24.0 Å². The first-order valence-corrected chi connectivity index (χ1v) is 11.8. The van der Waals surface area contributed by atoms with Crippen molar-refractivity contribution in [3.8, 4) is 5.75 Å². The molecular weight excluding hydrogens is 438 g/mol. The molecule has 0 aliphatic carbocycles. The minimum Gasteiger partial charge on any atom is -0.495 e. The molecule has 33 heavy (non-hydrogen) atoms. The maximum atomic E-state index is 12.6. The quantitative estimate of drug-likeness (QED) is 0.431. The summed E-state index contributed by atoms with van der Waals surface area (Å²) in [5, 5.41) is 14.8. The number of benzene rings is 2. The van der Waals surface area contributed by atoms with Crippen LogP contribution in [0.5, 0.6) is 5.75 Å². The van der Waals surface area contributed by atoms with Crippen LogP contribution in [0.3, 0.4) is 0 Å². The molecule has 0 radical (unpaired) electrons. The predicted molar refractivity (Wildman–Crippen MR) is 131 cm³/mol. The lowest BCUT2D eigenvalue weighted by Gasteiger charge is -2.13. The second kappa shape index (κ2) is 11.5. The van der Waals surface area contributed by atoms with E-state index >= 15 is 0 Å². The van der Waals surface area contributed by atoms with Gasteiger partial charge in [-0.05, 0) is 36.6 Å². The van der Waals surface area contributed by atoms with Gasteiger partial charge >= 0.3 is 0 Å². The van der Waals surface area contributed by atoms with Crippen molar-refractivity contribution in [2.24, 2.45) is 0 Å². The first-order chi connectivity index (χ1) is 15.9. The fourth-order valence-electron chi connectivity index (χ4n) is 3.39. The van der Waals surface area contributed by atoms with Crippen LogP contribution in [0.25, 0.3) is 0 Å². The molecular formula is C24H29N5O3S. The second-order valence-electron chi connectivity index (χ2n) is 7.65. The fraction of sp³-hybridized carbons (Fsp3) is 0.333. The third-order valence-electron chi connectivity index (χ3n) is 5.00. The fourth-order valence-corrected chi connectivity index (χ4v) is 4.21. The molecule has 3 aromatic rings. The Balaban J connectivity index is 1.61. The van der Waals surface area contributed by atoms with Crippen molar-refractivity contribution in [2.75, 3.05) is 23.5 Å². The van der Waals surface area contributed by atoms with E-state index in [0.29, 0.717) is 34.9 Å². The average molecular weight is 468 g/mol. The van der Waals surface area contributed by atoms with Gasteiger partial charge < -0.3 is 19.9 Å². The van der Waals surface area contributed by atoms with Gasteiger partial charge in [0.2, 0.25) is 11.8 Å². The third kappa shape index (κ3) is 6.35. The molecule has 0 saturated heterocycles. The van der Waals surface area contributed by atoms with Crippen molar-refractivity contribution >= 4 is 35.0 Å². The molecule has 1 heterocycles. The van der Waals surface area contributed by atoms with Crippen LogP contribution < -0.4 is 15.4 Å². The highest BCUT2D eigenvalue weighted by Gasteiger charge is 2.17. The zero-order chi connectivity index (χ0) is 23.8. The zero-order valence-electron chi connectivity index (χ0n) is 19.3. The molecule has 2 aromatic carbocycles. The van der Waals surface area contributed by atoms with Gasteiger partial charge in [-0.2, -0.15) is 0 Å². The maximum Gasteiger partial charge on any atom is 0.234 e.